The second-order valence-electron chi connectivity index (χ2n) is 6.34. The van der Waals surface area contributed by atoms with Gasteiger partial charge in [0.1, 0.15) is 0 Å². The highest BCUT2D eigenvalue weighted by molar-refractivity contribution is 4.95. The van der Waals surface area contributed by atoms with Gasteiger partial charge in [0.25, 0.3) is 0 Å². The van der Waals surface area contributed by atoms with Crippen LogP contribution in [0.1, 0.15) is 81.1 Å². The number of rotatable bonds is 7. The van der Waals surface area contributed by atoms with Crippen LogP contribution in [0.4, 0.5) is 0 Å². The Morgan fingerprint density at radius 3 is 1.50 bits per heavy atom. The lowest BCUT2D eigenvalue weighted by atomic mass is 9.52. The topological polar surface area (TPSA) is 0 Å². The lowest BCUT2D eigenvalue weighted by Crippen LogP contribution is -2.45. The van der Waals surface area contributed by atoms with Crippen LogP contribution in [0.5, 0.6) is 0 Å². The van der Waals surface area contributed by atoms with Gasteiger partial charge in [0.15, 0.2) is 0 Å². The quantitative estimate of drug-likeness (QED) is 0.506. The van der Waals surface area contributed by atoms with E-state index < -0.39 is 0 Å². The van der Waals surface area contributed by atoms with Gasteiger partial charge in [-0.3, -0.25) is 0 Å². The molecule has 0 aromatic heterocycles. The number of hydrogen-bond donors (Lipinski definition) is 0. The maximum Gasteiger partial charge on any atom is -0.0221 e. The maximum absolute atomic E-state index is 2.54. The first kappa shape index (κ1) is 16.0. The van der Waals surface area contributed by atoms with E-state index in [2.05, 4.69) is 55.4 Å². The fourth-order valence-corrected chi connectivity index (χ4v) is 3.56. The summed E-state index contributed by atoms with van der Waals surface area (Å²) < 4.78 is 0. The molecule has 0 rings (SSSR count). The van der Waals surface area contributed by atoms with E-state index in [1.807, 2.05) is 0 Å². The predicted molar refractivity (Wildman–Crippen MR) is 75.7 cm³/mol. The van der Waals surface area contributed by atoms with Crippen molar-refractivity contribution in [2.24, 2.45) is 22.7 Å². The molecule has 0 bridgehead atoms. The third kappa shape index (κ3) is 2.63. The molecule has 0 aliphatic rings. The average molecular weight is 226 g/mol. The zero-order chi connectivity index (χ0) is 13.0. The molecule has 0 aromatic rings. The van der Waals surface area contributed by atoms with Crippen molar-refractivity contribution in [3.05, 3.63) is 0 Å². The first-order valence-electron chi connectivity index (χ1n) is 7.31. The monoisotopic (exact) mass is 226 g/mol. The van der Waals surface area contributed by atoms with E-state index in [1.54, 1.807) is 0 Å². The van der Waals surface area contributed by atoms with Gasteiger partial charge in [-0.1, -0.05) is 81.1 Å². The summed E-state index contributed by atoms with van der Waals surface area (Å²) in [6.07, 6.45) is 5.22. The van der Waals surface area contributed by atoms with Gasteiger partial charge in [0.2, 0.25) is 0 Å². The Kier molecular flexibility index (Phi) is 6.07. The van der Waals surface area contributed by atoms with Crippen molar-refractivity contribution in [1.82, 2.24) is 0 Å². The molecule has 0 radical (unpaired) electrons. The van der Waals surface area contributed by atoms with Crippen LogP contribution in [0.15, 0.2) is 0 Å². The molecule has 0 saturated heterocycles. The SMILES string of the molecule is CCC(C)C(C)(C(CC)CC)C(C)(C)CC. The second kappa shape index (κ2) is 6.07. The van der Waals surface area contributed by atoms with E-state index in [9.17, 15) is 0 Å². The highest BCUT2D eigenvalue weighted by atomic mass is 14.5. The molecule has 0 aromatic carbocycles. The molecule has 0 N–H and O–H groups in total. The lowest BCUT2D eigenvalue weighted by molar-refractivity contribution is -0.0405. The standard InChI is InChI=1S/C16H34/c1-9-13(5)16(8,14(10-2)11-3)15(6,7)12-4/h13-14H,9-12H2,1-8H3. The highest BCUT2D eigenvalue weighted by Gasteiger charge is 2.47. The van der Waals surface area contributed by atoms with Gasteiger partial charge in [-0.05, 0) is 22.7 Å². The fraction of sp³-hybridized carbons (Fsp3) is 1.00. The lowest BCUT2D eigenvalue weighted by Gasteiger charge is -2.53. The van der Waals surface area contributed by atoms with Crippen molar-refractivity contribution in [2.75, 3.05) is 0 Å². The molecular formula is C16H34. The van der Waals surface area contributed by atoms with Crippen LogP contribution in [-0.2, 0) is 0 Å². The Bertz CT molecular complexity index is 188. The van der Waals surface area contributed by atoms with Gasteiger partial charge in [0.05, 0.1) is 0 Å². The molecule has 98 valence electrons. The molecule has 16 heavy (non-hydrogen) atoms. The van der Waals surface area contributed by atoms with Crippen LogP contribution in [0, 0.1) is 22.7 Å². The fourth-order valence-electron chi connectivity index (χ4n) is 3.56. The van der Waals surface area contributed by atoms with Gasteiger partial charge < -0.3 is 0 Å². The van der Waals surface area contributed by atoms with Crippen molar-refractivity contribution in [1.29, 1.82) is 0 Å². The van der Waals surface area contributed by atoms with Crippen molar-refractivity contribution in [3.8, 4) is 0 Å². The Morgan fingerprint density at radius 2 is 1.25 bits per heavy atom. The highest BCUT2D eigenvalue weighted by Crippen LogP contribution is 2.54. The minimum absolute atomic E-state index is 0.444. The molecule has 0 amide bonds. The van der Waals surface area contributed by atoms with Gasteiger partial charge >= 0.3 is 0 Å². The van der Waals surface area contributed by atoms with Crippen LogP contribution in [0.25, 0.3) is 0 Å². The number of hydrogen-bond acceptors (Lipinski definition) is 0. The van der Waals surface area contributed by atoms with Gasteiger partial charge in [-0.25, -0.2) is 0 Å². The maximum atomic E-state index is 2.54. The molecule has 0 spiro atoms. The van der Waals surface area contributed by atoms with Crippen LogP contribution < -0.4 is 0 Å². The Balaban J connectivity index is 5.33. The van der Waals surface area contributed by atoms with Crippen molar-refractivity contribution in [3.63, 3.8) is 0 Å². The summed E-state index contributed by atoms with van der Waals surface area (Å²) in [6, 6.07) is 0. The molecule has 0 nitrogen and oxygen atoms in total. The Labute approximate surface area is 104 Å². The molecule has 0 aliphatic carbocycles. The molecule has 2 atom stereocenters. The Hall–Kier alpha value is 0. The molecule has 0 fully saturated rings. The summed E-state index contributed by atoms with van der Waals surface area (Å²) in [5.41, 5.74) is 0.916. The van der Waals surface area contributed by atoms with Gasteiger partial charge in [-0.15, -0.1) is 0 Å². The van der Waals surface area contributed by atoms with Crippen molar-refractivity contribution in [2.45, 2.75) is 81.1 Å². The van der Waals surface area contributed by atoms with Gasteiger partial charge in [-0.2, -0.15) is 0 Å². The summed E-state index contributed by atoms with van der Waals surface area (Å²) >= 11 is 0. The van der Waals surface area contributed by atoms with Crippen LogP contribution >= 0.6 is 0 Å². The van der Waals surface area contributed by atoms with Crippen LogP contribution in [0.2, 0.25) is 0 Å². The van der Waals surface area contributed by atoms with Crippen LogP contribution in [0.3, 0.4) is 0 Å². The first-order valence-corrected chi connectivity index (χ1v) is 7.31. The summed E-state index contributed by atoms with van der Waals surface area (Å²) in [5.74, 6) is 1.67. The summed E-state index contributed by atoms with van der Waals surface area (Å²) in [7, 11) is 0. The van der Waals surface area contributed by atoms with Crippen molar-refractivity contribution >= 4 is 0 Å². The minimum Gasteiger partial charge on any atom is -0.0651 e. The third-order valence-electron chi connectivity index (χ3n) is 5.81. The predicted octanol–water partition coefficient (Wildman–Crippen LogP) is 5.91. The molecule has 0 heterocycles. The van der Waals surface area contributed by atoms with E-state index in [-0.39, 0.29) is 0 Å². The smallest absolute Gasteiger partial charge is 0.0221 e. The minimum atomic E-state index is 0.444. The average Bonchev–Trinajstić information content (AvgIpc) is 2.28. The largest absolute Gasteiger partial charge is 0.0651 e. The molecule has 2 unspecified atom stereocenters. The van der Waals surface area contributed by atoms with E-state index >= 15 is 0 Å². The first-order chi connectivity index (χ1) is 7.31. The van der Waals surface area contributed by atoms with Crippen LogP contribution in [-0.4, -0.2) is 0 Å². The molecule has 0 saturated carbocycles. The summed E-state index contributed by atoms with van der Waals surface area (Å²) in [4.78, 5) is 0. The van der Waals surface area contributed by atoms with E-state index in [1.165, 1.54) is 25.7 Å². The van der Waals surface area contributed by atoms with E-state index in [0.717, 1.165) is 11.8 Å². The van der Waals surface area contributed by atoms with E-state index in [4.69, 9.17) is 0 Å². The second-order valence-corrected chi connectivity index (χ2v) is 6.34. The van der Waals surface area contributed by atoms with E-state index in [0.29, 0.717) is 10.8 Å². The normalized spacial score (nSPS) is 18.6. The molecule has 0 aliphatic heterocycles. The molecule has 0 heteroatoms. The summed E-state index contributed by atoms with van der Waals surface area (Å²) in [5, 5.41) is 0. The van der Waals surface area contributed by atoms with Gasteiger partial charge in [0, 0.05) is 0 Å². The zero-order valence-electron chi connectivity index (χ0n) is 13.0. The zero-order valence-corrected chi connectivity index (χ0v) is 13.0. The van der Waals surface area contributed by atoms with Crippen molar-refractivity contribution < 1.29 is 0 Å². The Morgan fingerprint density at radius 1 is 0.812 bits per heavy atom. The molecular weight excluding hydrogens is 192 g/mol. The summed E-state index contributed by atoms with van der Waals surface area (Å²) in [6.45, 7) is 19.4. The third-order valence-corrected chi connectivity index (χ3v) is 5.81.